The Labute approximate surface area is 96.2 Å². The topological polar surface area (TPSA) is 0 Å². The first kappa shape index (κ1) is 14.3. The molecular formula is C15H26. The first-order valence-corrected chi connectivity index (χ1v) is 6.36. The number of allylic oxidation sites excluding steroid dienone is 2. The van der Waals surface area contributed by atoms with Crippen molar-refractivity contribution >= 4 is 0 Å². The van der Waals surface area contributed by atoms with Crippen LogP contribution in [-0.4, -0.2) is 0 Å². The van der Waals surface area contributed by atoms with Gasteiger partial charge >= 0.3 is 0 Å². The van der Waals surface area contributed by atoms with Gasteiger partial charge in [0.05, 0.1) is 0 Å². The summed E-state index contributed by atoms with van der Waals surface area (Å²) in [6, 6.07) is 0. The fourth-order valence-electron chi connectivity index (χ4n) is 1.41. The Morgan fingerprint density at radius 3 is 2.27 bits per heavy atom. The van der Waals surface area contributed by atoms with Crippen LogP contribution in [0.4, 0.5) is 0 Å². The molecule has 0 nitrogen and oxygen atoms in total. The number of hydrogen-bond acceptors (Lipinski definition) is 0. The summed E-state index contributed by atoms with van der Waals surface area (Å²) in [6.07, 6.45) is 12.4. The predicted molar refractivity (Wildman–Crippen MR) is 69.8 cm³/mol. The van der Waals surface area contributed by atoms with Gasteiger partial charge in [-0.1, -0.05) is 56.6 Å². The van der Waals surface area contributed by atoms with Crippen molar-refractivity contribution in [1.82, 2.24) is 0 Å². The summed E-state index contributed by atoms with van der Waals surface area (Å²) in [4.78, 5) is 0. The molecule has 0 aromatic heterocycles. The predicted octanol–water partition coefficient (Wildman–Crippen LogP) is 5.10. The second kappa shape index (κ2) is 11.4. The zero-order chi connectivity index (χ0) is 11.4. The monoisotopic (exact) mass is 206 g/mol. The molecule has 0 fully saturated rings. The molecule has 0 bridgehead atoms. The third kappa shape index (κ3) is 13.3. The maximum atomic E-state index is 3.24. The highest BCUT2D eigenvalue weighted by atomic mass is 13.9. The minimum atomic E-state index is 0.929. The summed E-state index contributed by atoms with van der Waals surface area (Å²) in [7, 11) is 0. The van der Waals surface area contributed by atoms with Crippen LogP contribution in [0.5, 0.6) is 0 Å². The van der Waals surface area contributed by atoms with E-state index in [0.29, 0.717) is 0 Å². The van der Waals surface area contributed by atoms with Crippen LogP contribution in [0.25, 0.3) is 0 Å². The summed E-state index contributed by atoms with van der Waals surface area (Å²) >= 11 is 0. The van der Waals surface area contributed by atoms with Crippen LogP contribution in [-0.2, 0) is 0 Å². The van der Waals surface area contributed by atoms with E-state index in [0.717, 1.165) is 12.8 Å². The lowest BCUT2D eigenvalue weighted by atomic mass is 10.1. The lowest BCUT2D eigenvalue weighted by Gasteiger charge is -1.96. The van der Waals surface area contributed by atoms with Crippen molar-refractivity contribution < 1.29 is 0 Å². The Morgan fingerprint density at radius 1 is 0.933 bits per heavy atom. The summed E-state index contributed by atoms with van der Waals surface area (Å²) in [5.74, 6) is 6.43. The molecule has 0 rings (SSSR count). The third-order valence-corrected chi connectivity index (χ3v) is 2.39. The van der Waals surface area contributed by atoms with Gasteiger partial charge in [-0.25, -0.2) is 0 Å². The molecule has 86 valence electrons. The zero-order valence-corrected chi connectivity index (χ0v) is 10.7. The summed E-state index contributed by atoms with van der Waals surface area (Å²) in [6.45, 7) is 6.50. The molecule has 0 aliphatic carbocycles. The van der Waals surface area contributed by atoms with Crippen LogP contribution in [0.1, 0.15) is 72.1 Å². The summed E-state index contributed by atoms with van der Waals surface area (Å²) < 4.78 is 0. The lowest BCUT2D eigenvalue weighted by Crippen LogP contribution is -1.77. The standard InChI is InChI=1S/C15H26/c1-4-5-6-7-8-9-10-11-12-13-14-15(2)3/h14H,4-10,13H2,1-3H3. The quantitative estimate of drug-likeness (QED) is 0.309. The molecule has 0 saturated carbocycles. The molecule has 0 amide bonds. The first-order valence-electron chi connectivity index (χ1n) is 6.36. The molecule has 0 unspecified atom stereocenters. The number of hydrogen-bond donors (Lipinski definition) is 0. The normalized spacial score (nSPS) is 9.27. The van der Waals surface area contributed by atoms with Crippen LogP contribution in [0.15, 0.2) is 11.6 Å². The molecule has 15 heavy (non-hydrogen) atoms. The van der Waals surface area contributed by atoms with Crippen molar-refractivity contribution in [3.05, 3.63) is 11.6 Å². The average molecular weight is 206 g/mol. The van der Waals surface area contributed by atoms with Crippen LogP contribution in [0, 0.1) is 11.8 Å². The lowest BCUT2D eigenvalue weighted by molar-refractivity contribution is 0.614. The maximum absolute atomic E-state index is 3.24. The van der Waals surface area contributed by atoms with E-state index in [1.54, 1.807) is 0 Å². The van der Waals surface area contributed by atoms with Gasteiger partial charge < -0.3 is 0 Å². The Bertz CT molecular complexity index is 208. The molecule has 0 aromatic carbocycles. The molecule has 0 atom stereocenters. The second-order valence-corrected chi connectivity index (χ2v) is 4.36. The zero-order valence-electron chi connectivity index (χ0n) is 10.7. The van der Waals surface area contributed by atoms with E-state index in [1.807, 2.05) is 0 Å². The number of rotatable bonds is 7. The Hall–Kier alpha value is -0.700. The van der Waals surface area contributed by atoms with Crippen LogP contribution < -0.4 is 0 Å². The van der Waals surface area contributed by atoms with E-state index < -0.39 is 0 Å². The second-order valence-electron chi connectivity index (χ2n) is 4.36. The SMILES string of the molecule is CCCCCCCCC#CCC=C(C)C. The van der Waals surface area contributed by atoms with Crippen molar-refractivity contribution in [2.75, 3.05) is 0 Å². The van der Waals surface area contributed by atoms with E-state index in [9.17, 15) is 0 Å². The van der Waals surface area contributed by atoms with E-state index in [4.69, 9.17) is 0 Å². The minimum absolute atomic E-state index is 0.929. The van der Waals surface area contributed by atoms with Gasteiger partial charge in [0, 0.05) is 12.8 Å². The van der Waals surface area contributed by atoms with E-state index in [2.05, 4.69) is 38.7 Å². The van der Waals surface area contributed by atoms with Crippen molar-refractivity contribution in [3.8, 4) is 11.8 Å². The van der Waals surface area contributed by atoms with Crippen LogP contribution in [0.2, 0.25) is 0 Å². The van der Waals surface area contributed by atoms with Gasteiger partial charge in [-0.15, -0.1) is 5.92 Å². The Balaban J connectivity index is 3.19. The van der Waals surface area contributed by atoms with Gasteiger partial charge in [0.1, 0.15) is 0 Å². The Kier molecular flexibility index (Phi) is 10.8. The largest absolute Gasteiger partial charge is 0.103 e. The fraction of sp³-hybridized carbons (Fsp3) is 0.733. The Morgan fingerprint density at radius 2 is 1.60 bits per heavy atom. The molecule has 0 aliphatic rings. The van der Waals surface area contributed by atoms with E-state index >= 15 is 0 Å². The van der Waals surface area contributed by atoms with Crippen LogP contribution >= 0.6 is 0 Å². The van der Waals surface area contributed by atoms with Crippen molar-refractivity contribution in [2.24, 2.45) is 0 Å². The average Bonchev–Trinajstić information content (AvgIpc) is 2.20. The molecule has 0 radical (unpaired) electrons. The van der Waals surface area contributed by atoms with Gasteiger partial charge in [0.25, 0.3) is 0 Å². The first-order chi connectivity index (χ1) is 7.27. The molecule has 0 spiro atoms. The highest BCUT2D eigenvalue weighted by Crippen LogP contribution is 2.06. The molecule has 0 aliphatic heterocycles. The fourth-order valence-corrected chi connectivity index (χ4v) is 1.41. The maximum Gasteiger partial charge on any atom is 0.0272 e. The van der Waals surface area contributed by atoms with Gasteiger partial charge in [0.15, 0.2) is 0 Å². The molecule has 0 saturated heterocycles. The molecular weight excluding hydrogens is 180 g/mol. The van der Waals surface area contributed by atoms with Gasteiger partial charge in [-0.05, 0) is 20.3 Å². The molecule has 0 N–H and O–H groups in total. The summed E-state index contributed by atoms with van der Waals surface area (Å²) in [5, 5.41) is 0. The van der Waals surface area contributed by atoms with E-state index in [-0.39, 0.29) is 0 Å². The van der Waals surface area contributed by atoms with E-state index in [1.165, 1.54) is 44.1 Å². The van der Waals surface area contributed by atoms with Gasteiger partial charge in [0.2, 0.25) is 0 Å². The summed E-state index contributed by atoms with van der Waals surface area (Å²) in [5.41, 5.74) is 1.36. The molecule has 0 heterocycles. The smallest absolute Gasteiger partial charge is 0.0272 e. The van der Waals surface area contributed by atoms with Crippen molar-refractivity contribution in [2.45, 2.75) is 72.1 Å². The molecule has 0 aromatic rings. The van der Waals surface area contributed by atoms with Gasteiger partial charge in [-0.2, -0.15) is 0 Å². The van der Waals surface area contributed by atoms with Crippen molar-refractivity contribution in [3.63, 3.8) is 0 Å². The van der Waals surface area contributed by atoms with Gasteiger partial charge in [-0.3, -0.25) is 0 Å². The highest BCUT2D eigenvalue weighted by Gasteiger charge is 1.87. The van der Waals surface area contributed by atoms with Crippen LogP contribution in [0.3, 0.4) is 0 Å². The molecule has 0 heteroatoms. The highest BCUT2D eigenvalue weighted by molar-refractivity contribution is 5.07. The minimum Gasteiger partial charge on any atom is -0.103 e. The number of unbranched alkanes of at least 4 members (excludes halogenated alkanes) is 6. The third-order valence-electron chi connectivity index (χ3n) is 2.39. The van der Waals surface area contributed by atoms with Crippen molar-refractivity contribution in [1.29, 1.82) is 0 Å².